The number of aliphatic imine (C=N–C) groups is 1. The van der Waals surface area contributed by atoms with Gasteiger partial charge in [0, 0.05) is 38.3 Å². The molecule has 0 saturated carbocycles. The molecule has 28 heavy (non-hydrogen) atoms. The maximum Gasteiger partial charge on any atom is 0.216 e. The van der Waals surface area contributed by atoms with E-state index in [-0.39, 0.29) is 0 Å². The number of hydrogen-bond acceptors (Lipinski definition) is 7. The number of hydrogen-bond donors (Lipinski definition) is 0. The van der Waals surface area contributed by atoms with E-state index in [4.69, 9.17) is 21.1 Å². The monoisotopic (exact) mass is 401 g/mol. The molecule has 0 radical (unpaired) electrons. The highest BCUT2D eigenvalue weighted by Gasteiger charge is 2.18. The fourth-order valence-electron chi connectivity index (χ4n) is 3.36. The van der Waals surface area contributed by atoms with Crippen molar-refractivity contribution in [3.63, 3.8) is 0 Å². The summed E-state index contributed by atoms with van der Waals surface area (Å²) in [6, 6.07) is 11.7. The lowest BCUT2D eigenvalue weighted by atomic mass is 10.2. The molecule has 1 saturated heterocycles. The van der Waals surface area contributed by atoms with Crippen molar-refractivity contribution >= 4 is 23.3 Å². The van der Waals surface area contributed by atoms with Crippen molar-refractivity contribution in [1.29, 1.82) is 0 Å². The predicted molar refractivity (Wildman–Crippen MR) is 110 cm³/mol. The first kappa shape index (κ1) is 19.0. The lowest BCUT2D eigenvalue weighted by Gasteiger charge is -2.35. The first-order valence-electron chi connectivity index (χ1n) is 9.65. The third-order valence-corrected chi connectivity index (χ3v) is 5.09. The Labute approximate surface area is 169 Å². The van der Waals surface area contributed by atoms with Crippen LogP contribution in [-0.2, 0) is 4.74 Å². The van der Waals surface area contributed by atoms with Gasteiger partial charge in [-0.05, 0) is 42.8 Å². The van der Waals surface area contributed by atoms with Gasteiger partial charge in [0.25, 0.3) is 0 Å². The summed E-state index contributed by atoms with van der Waals surface area (Å²) in [6.45, 7) is 7.09. The molecule has 1 aromatic heterocycles. The summed E-state index contributed by atoms with van der Waals surface area (Å²) in [5.41, 5.74) is 1.01. The summed E-state index contributed by atoms with van der Waals surface area (Å²) in [5.74, 6) is 2.51. The van der Waals surface area contributed by atoms with Gasteiger partial charge in [-0.25, -0.2) is 4.99 Å². The van der Waals surface area contributed by atoms with Crippen molar-refractivity contribution in [3.8, 4) is 5.75 Å². The van der Waals surface area contributed by atoms with Gasteiger partial charge >= 0.3 is 0 Å². The molecule has 2 aromatic rings. The van der Waals surface area contributed by atoms with Crippen molar-refractivity contribution in [3.05, 3.63) is 47.1 Å². The van der Waals surface area contributed by atoms with E-state index in [0.29, 0.717) is 18.4 Å². The molecule has 7 nitrogen and oxygen atoms in total. The van der Waals surface area contributed by atoms with Crippen molar-refractivity contribution in [2.75, 3.05) is 57.4 Å². The van der Waals surface area contributed by atoms with Crippen LogP contribution >= 0.6 is 11.6 Å². The number of rotatable bonds is 7. The molecular formula is C20H24ClN5O2. The molecular weight excluding hydrogens is 378 g/mol. The SMILES string of the molecule is Clc1ccc(N2CCN(CCCOc3ccc(C4=NCCO4)cc3)CC2)nn1. The van der Waals surface area contributed by atoms with Crippen LogP contribution in [0.1, 0.15) is 12.0 Å². The van der Waals surface area contributed by atoms with Gasteiger partial charge in [0.15, 0.2) is 11.0 Å². The Bertz CT molecular complexity index is 789. The van der Waals surface area contributed by atoms with Gasteiger partial charge in [0.2, 0.25) is 5.90 Å². The molecule has 8 heteroatoms. The molecule has 0 N–H and O–H groups in total. The maximum atomic E-state index is 5.87. The van der Waals surface area contributed by atoms with Crippen molar-refractivity contribution < 1.29 is 9.47 Å². The van der Waals surface area contributed by atoms with E-state index >= 15 is 0 Å². The van der Waals surface area contributed by atoms with Gasteiger partial charge in [-0.3, -0.25) is 4.90 Å². The second-order valence-electron chi connectivity index (χ2n) is 6.80. The van der Waals surface area contributed by atoms with E-state index < -0.39 is 0 Å². The summed E-state index contributed by atoms with van der Waals surface area (Å²) in [5, 5.41) is 8.51. The normalized spacial score (nSPS) is 17.3. The van der Waals surface area contributed by atoms with Crippen LogP contribution in [0.25, 0.3) is 0 Å². The zero-order chi connectivity index (χ0) is 19.2. The highest BCUT2D eigenvalue weighted by atomic mass is 35.5. The lowest BCUT2D eigenvalue weighted by Crippen LogP contribution is -2.47. The Hall–Kier alpha value is -2.38. The molecule has 0 spiro atoms. The smallest absolute Gasteiger partial charge is 0.216 e. The van der Waals surface area contributed by atoms with Gasteiger partial charge in [-0.15, -0.1) is 10.2 Å². The third-order valence-electron chi connectivity index (χ3n) is 4.89. The zero-order valence-corrected chi connectivity index (χ0v) is 16.5. The van der Waals surface area contributed by atoms with E-state index in [1.807, 2.05) is 30.3 Å². The number of aromatic nitrogens is 2. The molecule has 1 aromatic carbocycles. The van der Waals surface area contributed by atoms with Crippen LogP contribution < -0.4 is 9.64 Å². The average molecular weight is 402 g/mol. The first-order chi connectivity index (χ1) is 13.8. The fourth-order valence-corrected chi connectivity index (χ4v) is 3.46. The predicted octanol–water partition coefficient (Wildman–Crippen LogP) is 2.50. The summed E-state index contributed by atoms with van der Waals surface area (Å²) in [7, 11) is 0. The Morgan fingerprint density at radius 1 is 1.00 bits per heavy atom. The maximum absolute atomic E-state index is 5.87. The van der Waals surface area contributed by atoms with Crippen molar-refractivity contribution in [2.45, 2.75) is 6.42 Å². The first-order valence-corrected chi connectivity index (χ1v) is 10.0. The van der Waals surface area contributed by atoms with Gasteiger partial charge < -0.3 is 14.4 Å². The van der Waals surface area contributed by atoms with Gasteiger partial charge in [-0.2, -0.15) is 0 Å². The topological polar surface area (TPSA) is 63.1 Å². The molecule has 148 valence electrons. The van der Waals surface area contributed by atoms with Crippen molar-refractivity contribution in [2.24, 2.45) is 4.99 Å². The number of ether oxygens (including phenoxy) is 2. The molecule has 0 unspecified atom stereocenters. The largest absolute Gasteiger partial charge is 0.494 e. The molecule has 0 aliphatic carbocycles. The molecule has 2 aliphatic heterocycles. The minimum absolute atomic E-state index is 0.428. The average Bonchev–Trinajstić information content (AvgIpc) is 3.28. The molecule has 2 aliphatic rings. The molecule has 0 bridgehead atoms. The van der Waals surface area contributed by atoms with Crippen LogP contribution in [0.2, 0.25) is 5.15 Å². The molecule has 3 heterocycles. The Balaban J connectivity index is 1.15. The summed E-state index contributed by atoms with van der Waals surface area (Å²) < 4.78 is 11.3. The highest BCUT2D eigenvalue weighted by molar-refractivity contribution is 6.29. The highest BCUT2D eigenvalue weighted by Crippen LogP contribution is 2.16. The second-order valence-corrected chi connectivity index (χ2v) is 7.19. The van der Waals surface area contributed by atoms with Crippen LogP contribution in [0, 0.1) is 0 Å². The summed E-state index contributed by atoms with van der Waals surface area (Å²) in [6.07, 6.45) is 0.998. The molecule has 1 fully saturated rings. The lowest BCUT2D eigenvalue weighted by molar-refractivity contribution is 0.224. The Kier molecular flexibility index (Phi) is 6.24. The third kappa shape index (κ3) is 4.91. The van der Waals surface area contributed by atoms with Crippen LogP contribution in [0.15, 0.2) is 41.4 Å². The molecule has 0 atom stereocenters. The van der Waals surface area contributed by atoms with Crippen LogP contribution in [0.3, 0.4) is 0 Å². The second kappa shape index (κ2) is 9.21. The minimum Gasteiger partial charge on any atom is -0.494 e. The van der Waals surface area contributed by atoms with E-state index in [0.717, 1.165) is 68.7 Å². The summed E-state index contributed by atoms with van der Waals surface area (Å²) >= 11 is 5.80. The van der Waals surface area contributed by atoms with E-state index in [1.165, 1.54) is 0 Å². The standard InChI is InChI=1S/C20H24ClN5O2/c21-18-6-7-19(24-23-18)26-12-10-25(11-13-26)9-1-14-27-17-4-2-16(3-5-17)20-22-8-15-28-20/h2-7H,1,8-15H2. The molecule has 0 amide bonds. The van der Waals surface area contributed by atoms with Crippen LogP contribution in [0.5, 0.6) is 5.75 Å². The number of nitrogens with zero attached hydrogens (tertiary/aromatic N) is 5. The Morgan fingerprint density at radius 2 is 1.82 bits per heavy atom. The Morgan fingerprint density at radius 3 is 2.50 bits per heavy atom. The number of anilines is 1. The van der Waals surface area contributed by atoms with Gasteiger partial charge in [0.05, 0.1) is 13.2 Å². The molecule has 4 rings (SSSR count). The quantitative estimate of drug-likeness (QED) is 0.664. The summed E-state index contributed by atoms with van der Waals surface area (Å²) in [4.78, 5) is 9.03. The van der Waals surface area contributed by atoms with E-state index in [1.54, 1.807) is 6.07 Å². The number of halogens is 1. The van der Waals surface area contributed by atoms with Crippen LogP contribution in [0.4, 0.5) is 5.82 Å². The van der Waals surface area contributed by atoms with Crippen LogP contribution in [-0.4, -0.2) is 73.5 Å². The minimum atomic E-state index is 0.428. The van der Waals surface area contributed by atoms with E-state index in [2.05, 4.69) is 25.0 Å². The zero-order valence-electron chi connectivity index (χ0n) is 15.8. The fraction of sp³-hybridized carbons (Fsp3) is 0.450. The van der Waals surface area contributed by atoms with E-state index in [9.17, 15) is 0 Å². The van der Waals surface area contributed by atoms with Gasteiger partial charge in [0.1, 0.15) is 12.4 Å². The van der Waals surface area contributed by atoms with Gasteiger partial charge in [-0.1, -0.05) is 11.6 Å². The number of benzene rings is 1. The van der Waals surface area contributed by atoms with Crippen molar-refractivity contribution in [1.82, 2.24) is 15.1 Å². The number of piperazine rings is 1.